The van der Waals surface area contributed by atoms with Gasteiger partial charge in [-0.2, -0.15) is 0 Å². The van der Waals surface area contributed by atoms with Crippen LogP contribution in [0.25, 0.3) is 0 Å². The molecule has 2 aromatic carbocycles. The van der Waals surface area contributed by atoms with Crippen molar-refractivity contribution in [1.29, 1.82) is 0 Å². The maximum absolute atomic E-state index is 12.4. The van der Waals surface area contributed by atoms with Gasteiger partial charge in [-0.05, 0) is 30.4 Å². The van der Waals surface area contributed by atoms with E-state index in [0.717, 1.165) is 16.2 Å². The van der Waals surface area contributed by atoms with Crippen LogP contribution < -0.4 is 5.32 Å². The minimum absolute atomic E-state index is 0.0443. The normalized spacial score (nSPS) is 10.3. The van der Waals surface area contributed by atoms with Gasteiger partial charge in [0.1, 0.15) is 0 Å². The fourth-order valence-corrected chi connectivity index (χ4v) is 2.79. The number of nitrogens with zero attached hydrogens (tertiary/aromatic N) is 1. The number of nitro benzene ring substituents is 1. The number of anilines is 1. The molecule has 1 N–H and O–H groups in total. The first-order valence-corrected chi connectivity index (χ1v) is 7.79. The minimum atomic E-state index is -0.476. The fourth-order valence-electron chi connectivity index (χ4n) is 1.98. The molecule has 0 heterocycles. The molecule has 22 heavy (non-hydrogen) atoms. The third-order valence-electron chi connectivity index (χ3n) is 3.11. The molecule has 6 heteroatoms. The molecule has 0 saturated carbocycles. The van der Waals surface area contributed by atoms with Crippen molar-refractivity contribution in [3.8, 4) is 0 Å². The van der Waals surface area contributed by atoms with Crippen molar-refractivity contribution >= 4 is 29.0 Å². The molecule has 0 bridgehead atoms. The number of carbonyl (C=O) groups is 1. The summed E-state index contributed by atoms with van der Waals surface area (Å²) in [7, 11) is 0. The van der Waals surface area contributed by atoms with Crippen molar-refractivity contribution in [2.24, 2.45) is 0 Å². The number of amides is 1. The summed E-state index contributed by atoms with van der Waals surface area (Å²) in [6, 6.07) is 11.8. The molecule has 0 saturated heterocycles. The SMILES string of the molecule is CCSc1ccccc1C(=O)Nc1cc([N+](=O)[O-])ccc1C. The quantitative estimate of drug-likeness (QED) is 0.508. The Bertz CT molecular complexity index is 716. The molecule has 5 nitrogen and oxygen atoms in total. The van der Waals surface area contributed by atoms with Gasteiger partial charge in [0.15, 0.2) is 0 Å². The summed E-state index contributed by atoms with van der Waals surface area (Å²) in [5.41, 5.74) is 1.76. The molecule has 0 aliphatic rings. The lowest BCUT2D eigenvalue weighted by atomic mass is 10.1. The Hall–Kier alpha value is -2.34. The van der Waals surface area contributed by atoms with Gasteiger partial charge >= 0.3 is 0 Å². The predicted octanol–water partition coefficient (Wildman–Crippen LogP) is 4.27. The average Bonchev–Trinajstić information content (AvgIpc) is 2.50. The van der Waals surface area contributed by atoms with Gasteiger partial charge in [0.25, 0.3) is 11.6 Å². The van der Waals surface area contributed by atoms with E-state index in [9.17, 15) is 14.9 Å². The van der Waals surface area contributed by atoms with E-state index < -0.39 is 4.92 Å². The number of nitro groups is 1. The van der Waals surface area contributed by atoms with Crippen LogP contribution in [0.5, 0.6) is 0 Å². The van der Waals surface area contributed by atoms with Gasteiger partial charge in [0.05, 0.1) is 16.2 Å². The number of aryl methyl sites for hydroxylation is 1. The van der Waals surface area contributed by atoms with Crippen LogP contribution in [0.4, 0.5) is 11.4 Å². The fraction of sp³-hybridized carbons (Fsp3) is 0.188. The smallest absolute Gasteiger partial charge is 0.271 e. The van der Waals surface area contributed by atoms with Gasteiger partial charge in [-0.25, -0.2) is 0 Å². The van der Waals surface area contributed by atoms with E-state index in [0.29, 0.717) is 11.3 Å². The molecule has 2 aromatic rings. The number of benzene rings is 2. The van der Waals surface area contributed by atoms with Gasteiger partial charge in [-0.1, -0.05) is 25.1 Å². The Morgan fingerprint density at radius 3 is 2.68 bits per heavy atom. The van der Waals surface area contributed by atoms with Crippen LogP contribution in [-0.4, -0.2) is 16.6 Å². The topological polar surface area (TPSA) is 72.2 Å². The standard InChI is InChI=1S/C16H16N2O3S/c1-3-22-15-7-5-4-6-13(15)16(19)17-14-10-12(18(20)21)9-8-11(14)2/h4-10H,3H2,1-2H3,(H,17,19). The molecule has 0 radical (unpaired) electrons. The average molecular weight is 316 g/mol. The van der Waals surface area contributed by atoms with Crippen LogP contribution in [0.3, 0.4) is 0 Å². The van der Waals surface area contributed by atoms with E-state index in [4.69, 9.17) is 0 Å². The van der Waals surface area contributed by atoms with Crippen molar-refractivity contribution in [3.05, 3.63) is 63.7 Å². The first-order chi connectivity index (χ1) is 10.5. The van der Waals surface area contributed by atoms with E-state index in [1.165, 1.54) is 12.1 Å². The maximum atomic E-state index is 12.4. The zero-order chi connectivity index (χ0) is 16.1. The molecule has 1 amide bonds. The number of hydrogen-bond donors (Lipinski definition) is 1. The molecule has 0 atom stereocenters. The van der Waals surface area contributed by atoms with E-state index >= 15 is 0 Å². The molecule has 0 aliphatic carbocycles. The molecule has 0 aliphatic heterocycles. The molecule has 114 valence electrons. The molecule has 0 spiro atoms. The molecule has 0 aromatic heterocycles. The summed E-state index contributed by atoms with van der Waals surface area (Å²) in [5.74, 6) is 0.597. The lowest BCUT2D eigenvalue weighted by molar-refractivity contribution is -0.384. The Kier molecular flexibility index (Phi) is 5.16. The molecule has 2 rings (SSSR count). The van der Waals surface area contributed by atoms with Gasteiger partial charge in [-0.15, -0.1) is 11.8 Å². The zero-order valence-electron chi connectivity index (χ0n) is 12.3. The number of non-ortho nitro benzene ring substituents is 1. The van der Waals surface area contributed by atoms with Crippen molar-refractivity contribution in [2.45, 2.75) is 18.7 Å². The highest BCUT2D eigenvalue weighted by Crippen LogP contribution is 2.25. The summed E-state index contributed by atoms with van der Waals surface area (Å²) in [6.45, 7) is 3.82. The lowest BCUT2D eigenvalue weighted by Gasteiger charge is -2.11. The van der Waals surface area contributed by atoms with Crippen LogP contribution in [-0.2, 0) is 0 Å². The predicted molar refractivity (Wildman–Crippen MR) is 88.6 cm³/mol. The van der Waals surface area contributed by atoms with E-state index in [-0.39, 0.29) is 11.6 Å². The van der Waals surface area contributed by atoms with E-state index in [1.807, 2.05) is 19.1 Å². The van der Waals surface area contributed by atoms with Gasteiger partial charge < -0.3 is 5.32 Å². The summed E-state index contributed by atoms with van der Waals surface area (Å²) in [5, 5.41) is 13.6. The zero-order valence-corrected chi connectivity index (χ0v) is 13.1. The van der Waals surface area contributed by atoms with E-state index in [1.54, 1.807) is 36.9 Å². The second-order valence-electron chi connectivity index (χ2n) is 4.64. The van der Waals surface area contributed by atoms with Gasteiger partial charge in [-0.3, -0.25) is 14.9 Å². The van der Waals surface area contributed by atoms with Crippen molar-refractivity contribution in [3.63, 3.8) is 0 Å². The monoisotopic (exact) mass is 316 g/mol. The second kappa shape index (κ2) is 7.09. The number of thioether (sulfide) groups is 1. The summed E-state index contributed by atoms with van der Waals surface area (Å²) in [6.07, 6.45) is 0. The van der Waals surface area contributed by atoms with Crippen molar-refractivity contribution < 1.29 is 9.72 Å². The highest BCUT2D eigenvalue weighted by atomic mass is 32.2. The van der Waals surface area contributed by atoms with Crippen LogP contribution in [0.15, 0.2) is 47.4 Å². The molecule has 0 fully saturated rings. The van der Waals surface area contributed by atoms with Crippen LogP contribution in [0.1, 0.15) is 22.8 Å². The van der Waals surface area contributed by atoms with Crippen molar-refractivity contribution in [1.82, 2.24) is 0 Å². The molecular formula is C16H16N2O3S. The molecular weight excluding hydrogens is 300 g/mol. The number of hydrogen-bond acceptors (Lipinski definition) is 4. The Labute approximate surface area is 132 Å². The number of carbonyl (C=O) groups excluding carboxylic acids is 1. The Morgan fingerprint density at radius 1 is 1.27 bits per heavy atom. The second-order valence-corrected chi connectivity index (χ2v) is 5.95. The lowest BCUT2D eigenvalue weighted by Crippen LogP contribution is -2.14. The maximum Gasteiger partial charge on any atom is 0.271 e. The summed E-state index contributed by atoms with van der Waals surface area (Å²) >= 11 is 1.58. The van der Waals surface area contributed by atoms with Gasteiger partial charge in [0.2, 0.25) is 0 Å². The van der Waals surface area contributed by atoms with Crippen LogP contribution >= 0.6 is 11.8 Å². The van der Waals surface area contributed by atoms with Crippen LogP contribution in [0, 0.1) is 17.0 Å². The van der Waals surface area contributed by atoms with Crippen LogP contribution in [0.2, 0.25) is 0 Å². The minimum Gasteiger partial charge on any atom is -0.321 e. The highest BCUT2D eigenvalue weighted by molar-refractivity contribution is 7.99. The summed E-state index contributed by atoms with van der Waals surface area (Å²) in [4.78, 5) is 23.7. The largest absolute Gasteiger partial charge is 0.321 e. The number of rotatable bonds is 5. The van der Waals surface area contributed by atoms with Gasteiger partial charge in [0, 0.05) is 17.0 Å². The Morgan fingerprint density at radius 2 is 2.00 bits per heavy atom. The third kappa shape index (κ3) is 3.65. The third-order valence-corrected chi connectivity index (χ3v) is 4.07. The first-order valence-electron chi connectivity index (χ1n) is 6.81. The summed E-state index contributed by atoms with van der Waals surface area (Å²) < 4.78 is 0. The van der Waals surface area contributed by atoms with E-state index in [2.05, 4.69) is 5.32 Å². The number of nitrogens with one attached hydrogen (secondary N) is 1. The molecule has 0 unspecified atom stereocenters. The highest BCUT2D eigenvalue weighted by Gasteiger charge is 2.14. The Balaban J connectivity index is 2.29. The first kappa shape index (κ1) is 16.0. The van der Waals surface area contributed by atoms with Crippen molar-refractivity contribution in [2.75, 3.05) is 11.1 Å².